The summed E-state index contributed by atoms with van der Waals surface area (Å²) in [6, 6.07) is 0.746. The standard InChI is InChI=1S/C19H27N3O3S/c1-25-17(23)9-20-18(24)19(7-14-11-26-12-21-14)8-15-5-6-16(19)22(15)10-13-3-2-4-13/h11-13,15-16H,2-10H2,1H3,(H,20,24)/t15-,16+,19+/m1/s1. The lowest BCUT2D eigenvalue weighted by molar-refractivity contribution is -0.143. The molecule has 1 saturated carbocycles. The molecule has 26 heavy (non-hydrogen) atoms. The number of fused-ring (bicyclic) bond motifs is 2. The summed E-state index contributed by atoms with van der Waals surface area (Å²) in [5.74, 6) is 0.379. The zero-order valence-electron chi connectivity index (χ0n) is 15.3. The van der Waals surface area contributed by atoms with E-state index >= 15 is 0 Å². The number of hydrogen-bond acceptors (Lipinski definition) is 6. The SMILES string of the molecule is COC(=O)CNC(=O)[C@@]1(Cc2cscn2)C[C@H]2CC[C@@H]1N2CC1CCC1. The minimum absolute atomic E-state index is 0.0123. The van der Waals surface area contributed by atoms with Gasteiger partial charge in [-0.1, -0.05) is 6.42 Å². The van der Waals surface area contributed by atoms with Crippen LogP contribution in [0.25, 0.3) is 0 Å². The van der Waals surface area contributed by atoms with Gasteiger partial charge in [-0.2, -0.15) is 0 Å². The first kappa shape index (κ1) is 17.9. The van der Waals surface area contributed by atoms with Crippen LogP contribution in [0.5, 0.6) is 0 Å². The van der Waals surface area contributed by atoms with Gasteiger partial charge in [-0.25, -0.2) is 4.98 Å². The fraction of sp³-hybridized carbons (Fsp3) is 0.737. The molecule has 142 valence electrons. The Morgan fingerprint density at radius 1 is 1.38 bits per heavy atom. The molecular formula is C19H27N3O3S. The second-order valence-electron chi connectivity index (χ2n) is 8.02. The number of methoxy groups -OCH3 is 1. The van der Waals surface area contributed by atoms with Gasteiger partial charge in [0.25, 0.3) is 0 Å². The number of rotatable bonds is 7. The number of carbonyl (C=O) groups is 2. The van der Waals surface area contributed by atoms with Crippen molar-refractivity contribution in [2.24, 2.45) is 11.3 Å². The molecule has 0 aromatic carbocycles. The highest BCUT2D eigenvalue weighted by molar-refractivity contribution is 7.07. The summed E-state index contributed by atoms with van der Waals surface area (Å²) in [5.41, 5.74) is 2.34. The molecule has 3 aliphatic rings. The summed E-state index contributed by atoms with van der Waals surface area (Å²) >= 11 is 1.57. The highest BCUT2D eigenvalue weighted by Gasteiger charge is 2.59. The molecule has 0 spiro atoms. The third kappa shape index (κ3) is 3.16. The normalized spacial score (nSPS) is 31.0. The molecule has 6 nitrogen and oxygen atoms in total. The highest BCUT2D eigenvalue weighted by Crippen LogP contribution is 2.52. The Balaban J connectivity index is 1.55. The molecule has 0 unspecified atom stereocenters. The molecule has 2 saturated heterocycles. The average molecular weight is 378 g/mol. The van der Waals surface area contributed by atoms with Gasteiger partial charge in [-0.3, -0.25) is 14.5 Å². The molecule has 1 aromatic heterocycles. The Labute approximate surface area is 158 Å². The summed E-state index contributed by atoms with van der Waals surface area (Å²) in [6.45, 7) is 1.06. The van der Waals surface area contributed by atoms with Gasteiger partial charge in [0.15, 0.2) is 0 Å². The van der Waals surface area contributed by atoms with Crippen LogP contribution in [0, 0.1) is 11.3 Å². The minimum atomic E-state index is -0.477. The second kappa shape index (κ2) is 7.27. The molecule has 3 fully saturated rings. The molecule has 4 rings (SSSR count). The summed E-state index contributed by atoms with van der Waals surface area (Å²) in [6.07, 6.45) is 7.76. The maximum absolute atomic E-state index is 13.2. The Hall–Kier alpha value is -1.47. The van der Waals surface area contributed by atoms with Gasteiger partial charge in [-0.05, 0) is 38.0 Å². The van der Waals surface area contributed by atoms with E-state index in [1.807, 2.05) is 10.9 Å². The van der Waals surface area contributed by atoms with Gasteiger partial charge in [-0.15, -0.1) is 11.3 Å². The molecule has 2 bridgehead atoms. The smallest absolute Gasteiger partial charge is 0.325 e. The van der Waals surface area contributed by atoms with Gasteiger partial charge in [0.1, 0.15) is 6.54 Å². The summed E-state index contributed by atoms with van der Waals surface area (Å²) in [5, 5.41) is 4.89. The fourth-order valence-electron chi connectivity index (χ4n) is 5.12. The first-order valence-corrected chi connectivity index (χ1v) is 10.5. The molecule has 2 aliphatic heterocycles. The molecule has 1 N–H and O–H groups in total. The van der Waals surface area contributed by atoms with Crippen LogP contribution in [0.2, 0.25) is 0 Å². The van der Waals surface area contributed by atoms with Gasteiger partial charge < -0.3 is 10.1 Å². The third-order valence-electron chi connectivity index (χ3n) is 6.63. The quantitative estimate of drug-likeness (QED) is 0.736. The van der Waals surface area contributed by atoms with E-state index in [4.69, 9.17) is 0 Å². The number of carbonyl (C=O) groups excluding carboxylic acids is 2. The van der Waals surface area contributed by atoms with Crippen LogP contribution in [0.15, 0.2) is 10.9 Å². The third-order valence-corrected chi connectivity index (χ3v) is 7.26. The van der Waals surface area contributed by atoms with E-state index in [0.717, 1.165) is 31.0 Å². The predicted octanol–water partition coefficient (Wildman–Crippen LogP) is 2.00. The fourth-order valence-corrected chi connectivity index (χ4v) is 5.68. The molecular weight excluding hydrogens is 350 g/mol. The van der Waals surface area contributed by atoms with Crippen molar-refractivity contribution in [1.82, 2.24) is 15.2 Å². The van der Waals surface area contributed by atoms with E-state index in [-0.39, 0.29) is 18.5 Å². The van der Waals surface area contributed by atoms with Crippen molar-refractivity contribution in [3.8, 4) is 0 Å². The van der Waals surface area contributed by atoms with E-state index in [0.29, 0.717) is 12.5 Å². The largest absolute Gasteiger partial charge is 0.468 e. The number of amides is 1. The van der Waals surface area contributed by atoms with Crippen molar-refractivity contribution in [3.05, 3.63) is 16.6 Å². The van der Waals surface area contributed by atoms with Crippen LogP contribution in [-0.4, -0.2) is 54.0 Å². The van der Waals surface area contributed by atoms with Crippen molar-refractivity contribution in [2.45, 2.75) is 57.0 Å². The van der Waals surface area contributed by atoms with Gasteiger partial charge in [0, 0.05) is 30.4 Å². The Morgan fingerprint density at radius 3 is 2.88 bits per heavy atom. The lowest BCUT2D eigenvalue weighted by Crippen LogP contribution is -2.52. The maximum Gasteiger partial charge on any atom is 0.325 e. The Morgan fingerprint density at radius 2 is 2.23 bits per heavy atom. The second-order valence-corrected chi connectivity index (χ2v) is 8.74. The number of hydrogen-bond donors (Lipinski definition) is 1. The van der Waals surface area contributed by atoms with Crippen LogP contribution in [0.1, 0.15) is 44.2 Å². The predicted molar refractivity (Wildman–Crippen MR) is 98.8 cm³/mol. The van der Waals surface area contributed by atoms with E-state index in [2.05, 4.69) is 19.9 Å². The number of thiazole rings is 1. The number of nitrogens with zero attached hydrogens (tertiary/aromatic N) is 2. The summed E-state index contributed by atoms with van der Waals surface area (Å²) in [7, 11) is 1.34. The van der Waals surface area contributed by atoms with Crippen LogP contribution >= 0.6 is 11.3 Å². The topological polar surface area (TPSA) is 71.5 Å². The number of esters is 1. The molecule has 1 amide bonds. The zero-order valence-corrected chi connectivity index (χ0v) is 16.1. The Kier molecular flexibility index (Phi) is 5.01. The van der Waals surface area contributed by atoms with E-state index in [1.165, 1.54) is 32.8 Å². The van der Waals surface area contributed by atoms with Gasteiger partial charge in [0.05, 0.1) is 23.7 Å². The highest BCUT2D eigenvalue weighted by atomic mass is 32.1. The summed E-state index contributed by atoms with van der Waals surface area (Å²) in [4.78, 5) is 31.8. The zero-order chi connectivity index (χ0) is 18.1. The van der Waals surface area contributed by atoms with E-state index in [1.54, 1.807) is 11.3 Å². The first-order chi connectivity index (χ1) is 12.6. The molecule has 1 aromatic rings. The van der Waals surface area contributed by atoms with Crippen molar-refractivity contribution < 1.29 is 14.3 Å². The summed E-state index contributed by atoms with van der Waals surface area (Å²) < 4.78 is 4.69. The van der Waals surface area contributed by atoms with Crippen LogP contribution < -0.4 is 5.32 Å². The molecule has 3 heterocycles. The molecule has 7 heteroatoms. The van der Waals surface area contributed by atoms with Gasteiger partial charge >= 0.3 is 5.97 Å². The number of nitrogens with one attached hydrogen (secondary N) is 1. The lowest BCUT2D eigenvalue weighted by Gasteiger charge is -2.37. The van der Waals surface area contributed by atoms with Gasteiger partial charge in [0.2, 0.25) is 5.91 Å². The van der Waals surface area contributed by atoms with Crippen molar-refractivity contribution in [1.29, 1.82) is 0 Å². The lowest BCUT2D eigenvalue weighted by atomic mass is 9.70. The molecule has 3 atom stereocenters. The van der Waals surface area contributed by atoms with E-state index < -0.39 is 11.4 Å². The van der Waals surface area contributed by atoms with Crippen LogP contribution in [0.3, 0.4) is 0 Å². The van der Waals surface area contributed by atoms with Crippen molar-refractivity contribution in [2.75, 3.05) is 20.2 Å². The molecule has 0 radical (unpaired) electrons. The van der Waals surface area contributed by atoms with Crippen molar-refractivity contribution in [3.63, 3.8) is 0 Å². The Bertz CT molecular complexity index is 661. The van der Waals surface area contributed by atoms with Crippen LogP contribution in [0.4, 0.5) is 0 Å². The van der Waals surface area contributed by atoms with Crippen molar-refractivity contribution >= 4 is 23.2 Å². The number of aromatic nitrogens is 1. The van der Waals surface area contributed by atoms with Crippen LogP contribution in [-0.2, 0) is 20.7 Å². The molecule has 1 aliphatic carbocycles. The van der Waals surface area contributed by atoms with E-state index in [9.17, 15) is 9.59 Å². The minimum Gasteiger partial charge on any atom is -0.468 e. The average Bonchev–Trinajstić information content (AvgIpc) is 3.31. The number of ether oxygens (including phenoxy) is 1. The first-order valence-electron chi connectivity index (χ1n) is 9.60. The maximum atomic E-state index is 13.2. The monoisotopic (exact) mass is 377 g/mol.